The molecule has 0 bridgehead atoms. The summed E-state index contributed by atoms with van der Waals surface area (Å²) >= 11 is 0. The first-order valence-corrected chi connectivity index (χ1v) is 8.64. The summed E-state index contributed by atoms with van der Waals surface area (Å²) in [5.74, 6) is -0.309. The number of para-hydroxylation sites is 1. The Bertz CT molecular complexity index is 612. The van der Waals surface area contributed by atoms with Crippen molar-refractivity contribution in [3.8, 4) is 0 Å². The third-order valence-corrected chi connectivity index (χ3v) is 4.83. The summed E-state index contributed by atoms with van der Waals surface area (Å²) in [7, 11) is -3.66. The molecule has 0 radical (unpaired) electrons. The largest absolute Gasteiger partial charge is 0.379 e. The van der Waals surface area contributed by atoms with Crippen LogP contribution in [0.2, 0.25) is 0 Å². The van der Waals surface area contributed by atoms with Gasteiger partial charge in [-0.25, -0.2) is 13.1 Å². The normalized spacial score (nSPS) is 16.4. The molecule has 0 aromatic heterocycles. The molecule has 0 saturated carbocycles. The Kier molecular flexibility index (Phi) is 5.90. The van der Waals surface area contributed by atoms with Crippen molar-refractivity contribution in [2.24, 2.45) is 0 Å². The highest BCUT2D eigenvalue weighted by molar-refractivity contribution is 7.89. The molecule has 7 nitrogen and oxygen atoms in total. The van der Waals surface area contributed by atoms with Crippen LogP contribution in [0, 0.1) is 0 Å². The SMILES string of the molecule is CC(=O)Nc1ccccc1S(=O)(=O)NCCN1CCOCC1. The van der Waals surface area contributed by atoms with Crippen molar-refractivity contribution in [3.05, 3.63) is 24.3 Å². The fourth-order valence-corrected chi connectivity index (χ4v) is 3.42. The lowest BCUT2D eigenvalue weighted by Crippen LogP contribution is -2.41. The second kappa shape index (κ2) is 7.68. The monoisotopic (exact) mass is 327 g/mol. The number of rotatable bonds is 6. The van der Waals surface area contributed by atoms with Crippen LogP contribution in [0.1, 0.15) is 6.92 Å². The lowest BCUT2D eigenvalue weighted by Gasteiger charge is -2.26. The third kappa shape index (κ3) is 4.77. The summed E-state index contributed by atoms with van der Waals surface area (Å²) in [4.78, 5) is 13.4. The van der Waals surface area contributed by atoms with E-state index in [4.69, 9.17) is 4.74 Å². The van der Waals surface area contributed by atoms with Gasteiger partial charge in [0.25, 0.3) is 0 Å². The Morgan fingerprint density at radius 2 is 1.95 bits per heavy atom. The quantitative estimate of drug-likeness (QED) is 0.782. The molecule has 1 aromatic carbocycles. The number of morpholine rings is 1. The number of amides is 1. The molecule has 1 saturated heterocycles. The molecule has 8 heteroatoms. The Morgan fingerprint density at radius 3 is 2.64 bits per heavy atom. The van der Waals surface area contributed by atoms with E-state index >= 15 is 0 Å². The molecule has 2 N–H and O–H groups in total. The molecular weight excluding hydrogens is 306 g/mol. The molecular formula is C14H21N3O4S. The molecule has 1 amide bonds. The summed E-state index contributed by atoms with van der Waals surface area (Å²) in [6, 6.07) is 6.35. The fraction of sp³-hybridized carbons (Fsp3) is 0.500. The van der Waals surface area contributed by atoms with Gasteiger partial charge in [-0.3, -0.25) is 9.69 Å². The first kappa shape index (κ1) is 16.9. The van der Waals surface area contributed by atoms with Gasteiger partial charge in [0.05, 0.1) is 18.9 Å². The second-order valence-corrected chi connectivity index (χ2v) is 6.76. The van der Waals surface area contributed by atoms with Crippen LogP contribution in [-0.2, 0) is 19.6 Å². The van der Waals surface area contributed by atoms with E-state index in [2.05, 4.69) is 14.9 Å². The molecule has 1 heterocycles. The van der Waals surface area contributed by atoms with Crippen molar-refractivity contribution in [1.82, 2.24) is 9.62 Å². The van der Waals surface area contributed by atoms with E-state index in [1.165, 1.54) is 13.0 Å². The standard InChI is InChI=1S/C14H21N3O4S/c1-12(18)16-13-4-2-3-5-14(13)22(19,20)15-6-7-17-8-10-21-11-9-17/h2-5,15H,6-11H2,1H3,(H,16,18). The van der Waals surface area contributed by atoms with E-state index in [1.54, 1.807) is 18.2 Å². The van der Waals surface area contributed by atoms with Gasteiger partial charge in [-0.2, -0.15) is 0 Å². The number of ether oxygens (including phenoxy) is 1. The van der Waals surface area contributed by atoms with Crippen LogP contribution in [0.15, 0.2) is 29.2 Å². The smallest absolute Gasteiger partial charge is 0.242 e. The van der Waals surface area contributed by atoms with E-state index in [-0.39, 0.29) is 16.5 Å². The van der Waals surface area contributed by atoms with Gasteiger partial charge in [0.15, 0.2) is 0 Å². The van der Waals surface area contributed by atoms with Crippen LogP contribution < -0.4 is 10.0 Å². The zero-order valence-electron chi connectivity index (χ0n) is 12.5. The minimum absolute atomic E-state index is 0.0761. The number of benzene rings is 1. The van der Waals surface area contributed by atoms with Crippen molar-refractivity contribution in [1.29, 1.82) is 0 Å². The van der Waals surface area contributed by atoms with Crippen molar-refractivity contribution >= 4 is 21.6 Å². The van der Waals surface area contributed by atoms with E-state index in [0.29, 0.717) is 26.3 Å². The zero-order chi connectivity index (χ0) is 16.0. The number of nitrogens with one attached hydrogen (secondary N) is 2. The zero-order valence-corrected chi connectivity index (χ0v) is 13.4. The van der Waals surface area contributed by atoms with Crippen LogP contribution in [0.5, 0.6) is 0 Å². The summed E-state index contributed by atoms with van der Waals surface area (Å²) in [5.41, 5.74) is 0.286. The van der Waals surface area contributed by atoms with Crippen LogP contribution in [0.4, 0.5) is 5.69 Å². The molecule has 1 aliphatic rings. The van der Waals surface area contributed by atoms with E-state index in [9.17, 15) is 13.2 Å². The highest BCUT2D eigenvalue weighted by atomic mass is 32.2. The first-order chi connectivity index (χ1) is 10.5. The third-order valence-electron chi connectivity index (χ3n) is 3.31. The van der Waals surface area contributed by atoms with Gasteiger partial charge in [-0.05, 0) is 12.1 Å². The van der Waals surface area contributed by atoms with Gasteiger partial charge < -0.3 is 10.1 Å². The fourth-order valence-electron chi connectivity index (χ4n) is 2.23. The lowest BCUT2D eigenvalue weighted by molar-refractivity contribution is -0.114. The number of hydrogen-bond acceptors (Lipinski definition) is 5. The molecule has 0 aliphatic carbocycles. The number of hydrogen-bond donors (Lipinski definition) is 2. The summed E-state index contributed by atoms with van der Waals surface area (Å²) in [5, 5.41) is 2.53. The van der Waals surface area contributed by atoms with Crippen LogP contribution in [0.25, 0.3) is 0 Å². The molecule has 1 aromatic rings. The van der Waals surface area contributed by atoms with Crippen molar-refractivity contribution in [2.75, 3.05) is 44.7 Å². The topological polar surface area (TPSA) is 87.7 Å². The van der Waals surface area contributed by atoms with E-state index < -0.39 is 10.0 Å². The van der Waals surface area contributed by atoms with Crippen molar-refractivity contribution < 1.29 is 17.9 Å². The number of carbonyl (C=O) groups is 1. The predicted molar refractivity (Wildman–Crippen MR) is 83.2 cm³/mol. The van der Waals surface area contributed by atoms with Gasteiger partial charge in [0.1, 0.15) is 4.90 Å². The Balaban J connectivity index is 1.99. The summed E-state index contributed by atoms with van der Waals surface area (Å²) in [6.45, 7) is 5.27. The Hall–Kier alpha value is -1.48. The second-order valence-electron chi connectivity index (χ2n) is 5.03. The molecule has 0 spiro atoms. The predicted octanol–water partition coefficient (Wildman–Crippen LogP) is 0.256. The van der Waals surface area contributed by atoms with Gasteiger partial charge in [0, 0.05) is 33.1 Å². The first-order valence-electron chi connectivity index (χ1n) is 7.15. The van der Waals surface area contributed by atoms with Gasteiger partial charge >= 0.3 is 0 Å². The van der Waals surface area contributed by atoms with Crippen LogP contribution >= 0.6 is 0 Å². The number of nitrogens with zero attached hydrogens (tertiary/aromatic N) is 1. The molecule has 1 aliphatic heterocycles. The summed E-state index contributed by atoms with van der Waals surface area (Å²) in [6.07, 6.45) is 0. The Labute approximate surface area is 130 Å². The minimum Gasteiger partial charge on any atom is -0.379 e. The average Bonchev–Trinajstić information content (AvgIpc) is 2.48. The molecule has 2 rings (SSSR count). The molecule has 1 fully saturated rings. The number of carbonyl (C=O) groups excluding carboxylic acids is 1. The maximum Gasteiger partial charge on any atom is 0.242 e. The van der Waals surface area contributed by atoms with E-state index in [0.717, 1.165) is 13.1 Å². The maximum absolute atomic E-state index is 12.4. The maximum atomic E-state index is 12.4. The summed E-state index contributed by atoms with van der Waals surface area (Å²) < 4.78 is 32.6. The molecule has 22 heavy (non-hydrogen) atoms. The average molecular weight is 327 g/mol. The van der Waals surface area contributed by atoms with E-state index in [1.807, 2.05) is 0 Å². The molecule has 0 unspecified atom stereocenters. The van der Waals surface area contributed by atoms with Gasteiger partial charge in [0.2, 0.25) is 15.9 Å². The number of sulfonamides is 1. The van der Waals surface area contributed by atoms with Crippen LogP contribution in [-0.4, -0.2) is 58.6 Å². The number of anilines is 1. The highest BCUT2D eigenvalue weighted by Crippen LogP contribution is 2.20. The van der Waals surface area contributed by atoms with Gasteiger partial charge in [-0.15, -0.1) is 0 Å². The Morgan fingerprint density at radius 1 is 1.27 bits per heavy atom. The highest BCUT2D eigenvalue weighted by Gasteiger charge is 2.19. The minimum atomic E-state index is -3.66. The van der Waals surface area contributed by atoms with Gasteiger partial charge in [-0.1, -0.05) is 12.1 Å². The van der Waals surface area contributed by atoms with Crippen molar-refractivity contribution in [3.63, 3.8) is 0 Å². The lowest BCUT2D eigenvalue weighted by atomic mass is 10.3. The van der Waals surface area contributed by atoms with Crippen molar-refractivity contribution in [2.45, 2.75) is 11.8 Å². The molecule has 0 atom stereocenters. The van der Waals surface area contributed by atoms with Crippen LogP contribution in [0.3, 0.4) is 0 Å². The molecule has 122 valence electrons.